The Kier molecular flexibility index (Phi) is 71.0. The number of carbonyl (C=O) groups excluding carboxylic acids is 2. The lowest BCUT2D eigenvalue weighted by atomic mass is 10.0. The molecular weight excluding hydrogens is 1210 g/mol. The van der Waals surface area contributed by atoms with Gasteiger partial charge in [-0.3, -0.25) is 14.2 Å². The number of rotatable bonds is 70. The molecule has 9 nitrogen and oxygen atoms in total. The van der Waals surface area contributed by atoms with Crippen LogP contribution in [0.5, 0.6) is 0 Å². The number of likely N-dealkylation sites (N-methyl/N-ethyl adjacent to an activating group) is 1. The van der Waals surface area contributed by atoms with Gasteiger partial charge in [0.2, 0.25) is 0 Å². The molecule has 0 amide bonds. The van der Waals surface area contributed by atoms with E-state index in [0.29, 0.717) is 17.4 Å². The van der Waals surface area contributed by atoms with Crippen molar-refractivity contribution in [3.8, 4) is 0 Å². The molecule has 0 rings (SSSR count). The lowest BCUT2D eigenvalue weighted by Gasteiger charge is -2.28. The summed E-state index contributed by atoms with van der Waals surface area (Å²) in [6, 6.07) is 0. The third kappa shape index (κ3) is 78.4. The summed E-state index contributed by atoms with van der Waals surface area (Å²) in [6.45, 7) is 4.02. The number of phosphoric acid groups is 1. The molecule has 0 aliphatic carbocycles. The number of quaternary nitrogens is 1. The Hall–Kier alpha value is -4.63. The van der Waals surface area contributed by atoms with E-state index < -0.39 is 26.5 Å². The molecule has 0 aromatic rings. The molecule has 0 saturated heterocycles. The Morgan fingerprint density at radius 3 is 0.833 bits per heavy atom. The van der Waals surface area contributed by atoms with Crippen molar-refractivity contribution in [2.45, 2.75) is 315 Å². The lowest BCUT2D eigenvalue weighted by Crippen LogP contribution is -2.37. The molecule has 546 valence electrons. The fraction of sp³-hybridized carbons (Fsp3) is 0.651. The van der Waals surface area contributed by atoms with Gasteiger partial charge in [-0.25, -0.2) is 0 Å². The maximum Gasteiger partial charge on any atom is 0.306 e. The SMILES string of the molecule is CC/C=C\C/C=C\C/C=C\C/C=C\C/C=C\C/C=C\C/C=C\C/C=C\C/C=C\C/C=C\CCCCCCCCCCC(=O)OC(COC(=O)CCCCCCCCCCCCCCCCCCCCCC/C=C\C/C=C\C/C=C\C/C=C\CC)COP(=O)([O-])OCC[N+](C)(C)C. The predicted octanol–water partition coefficient (Wildman–Crippen LogP) is 25.4. The second kappa shape index (κ2) is 74.6. The molecule has 2 atom stereocenters. The normalized spacial score (nSPS) is 14.0. The Balaban J connectivity index is 4.06. The summed E-state index contributed by atoms with van der Waals surface area (Å²) in [6.07, 6.45) is 113. The summed E-state index contributed by atoms with van der Waals surface area (Å²) in [5.41, 5.74) is 0. The molecule has 10 heteroatoms. The first kappa shape index (κ1) is 91.4. The van der Waals surface area contributed by atoms with Gasteiger partial charge in [-0.2, -0.15) is 0 Å². The maximum atomic E-state index is 12.9. The molecule has 0 aliphatic heterocycles. The van der Waals surface area contributed by atoms with Gasteiger partial charge >= 0.3 is 11.9 Å². The number of esters is 2. The van der Waals surface area contributed by atoms with Crippen LogP contribution in [0.25, 0.3) is 0 Å². The highest BCUT2D eigenvalue weighted by Crippen LogP contribution is 2.38. The van der Waals surface area contributed by atoms with Crippen LogP contribution >= 0.6 is 7.82 Å². The number of hydrogen-bond acceptors (Lipinski definition) is 8. The van der Waals surface area contributed by atoms with Gasteiger partial charge in [0.15, 0.2) is 6.10 Å². The van der Waals surface area contributed by atoms with Crippen molar-refractivity contribution < 1.29 is 42.1 Å². The molecule has 0 heterocycles. The van der Waals surface area contributed by atoms with Crippen LogP contribution in [-0.2, 0) is 32.7 Å². The number of allylic oxidation sites excluding steroid dienone is 28. The zero-order valence-corrected chi connectivity index (χ0v) is 63.2. The van der Waals surface area contributed by atoms with E-state index in [0.717, 1.165) is 135 Å². The number of ether oxygens (including phenoxy) is 2. The molecule has 96 heavy (non-hydrogen) atoms. The first-order valence-electron chi connectivity index (χ1n) is 38.8. The molecule has 0 aromatic carbocycles. The first-order chi connectivity index (χ1) is 47.0. The van der Waals surface area contributed by atoms with Gasteiger partial charge in [-0.05, 0) is 128 Å². The molecule has 0 spiro atoms. The zero-order valence-electron chi connectivity index (χ0n) is 62.3. The van der Waals surface area contributed by atoms with E-state index in [1.165, 1.54) is 141 Å². The van der Waals surface area contributed by atoms with Gasteiger partial charge in [-0.1, -0.05) is 338 Å². The minimum absolute atomic E-state index is 0.0391. The number of unbranched alkanes of at least 4 members (excludes halogenated alkanes) is 28. The quantitative estimate of drug-likeness (QED) is 0.0195. The second-order valence-electron chi connectivity index (χ2n) is 26.6. The van der Waals surface area contributed by atoms with Gasteiger partial charge in [0.05, 0.1) is 27.7 Å². The highest BCUT2D eigenvalue weighted by atomic mass is 31.2. The van der Waals surface area contributed by atoms with Crippen molar-refractivity contribution in [2.24, 2.45) is 0 Å². The molecule has 2 unspecified atom stereocenters. The molecule has 0 bridgehead atoms. The highest BCUT2D eigenvalue weighted by Gasteiger charge is 2.22. The third-order valence-electron chi connectivity index (χ3n) is 16.2. The molecule has 0 aliphatic rings. The molecular formula is C86H144NO8P. The van der Waals surface area contributed by atoms with Gasteiger partial charge in [0.25, 0.3) is 7.82 Å². The Morgan fingerprint density at radius 2 is 0.562 bits per heavy atom. The first-order valence-corrected chi connectivity index (χ1v) is 40.3. The van der Waals surface area contributed by atoms with Crippen LogP contribution in [0.3, 0.4) is 0 Å². The van der Waals surface area contributed by atoms with Crippen molar-refractivity contribution in [1.82, 2.24) is 0 Å². The van der Waals surface area contributed by atoms with Crippen LogP contribution in [0, 0.1) is 0 Å². The number of hydrogen-bond donors (Lipinski definition) is 0. The average Bonchev–Trinajstić information content (AvgIpc) is 1.98. The van der Waals surface area contributed by atoms with Crippen molar-refractivity contribution in [1.29, 1.82) is 0 Å². The number of nitrogens with zero attached hydrogens (tertiary/aromatic N) is 1. The van der Waals surface area contributed by atoms with Crippen LogP contribution in [0.2, 0.25) is 0 Å². The van der Waals surface area contributed by atoms with Crippen molar-refractivity contribution >= 4 is 19.8 Å². The molecule has 0 saturated carbocycles. The lowest BCUT2D eigenvalue weighted by molar-refractivity contribution is -0.870. The zero-order chi connectivity index (χ0) is 69.7. The number of phosphoric ester groups is 1. The fourth-order valence-corrected chi connectivity index (χ4v) is 11.1. The summed E-state index contributed by atoms with van der Waals surface area (Å²) in [7, 11) is 1.15. The van der Waals surface area contributed by atoms with E-state index in [9.17, 15) is 19.0 Å². The maximum absolute atomic E-state index is 12.9. The van der Waals surface area contributed by atoms with E-state index in [1.807, 2.05) is 21.1 Å². The van der Waals surface area contributed by atoms with E-state index in [1.54, 1.807) is 0 Å². The summed E-state index contributed by atoms with van der Waals surface area (Å²) in [5, 5.41) is 0. The van der Waals surface area contributed by atoms with Crippen LogP contribution in [0.4, 0.5) is 0 Å². The van der Waals surface area contributed by atoms with Gasteiger partial charge in [0, 0.05) is 12.8 Å². The van der Waals surface area contributed by atoms with Crippen LogP contribution in [0.1, 0.15) is 309 Å². The summed E-state index contributed by atoms with van der Waals surface area (Å²) >= 11 is 0. The average molecular weight is 1350 g/mol. The minimum Gasteiger partial charge on any atom is -0.756 e. The monoisotopic (exact) mass is 1350 g/mol. The fourth-order valence-electron chi connectivity index (χ4n) is 10.4. The Morgan fingerprint density at radius 1 is 0.323 bits per heavy atom. The summed E-state index contributed by atoms with van der Waals surface area (Å²) < 4.78 is 34.4. The van der Waals surface area contributed by atoms with Crippen LogP contribution in [-0.4, -0.2) is 70.0 Å². The van der Waals surface area contributed by atoms with Gasteiger partial charge < -0.3 is 27.9 Å². The standard InChI is InChI=1S/C86H144NO8P/c1-6-8-10-12-14-16-18-20-22-24-26-28-30-32-34-36-38-40-41-42-43-44-45-47-49-51-53-55-57-59-61-63-65-67-69-71-73-75-77-79-86(89)95-84(83-94-96(90,91)93-81-80-87(3,4)5)82-92-85(88)78-76-74-72-70-68-66-64-62-60-58-56-54-52-50-48-46-39-37-35-33-31-29-27-25-23-21-19-17-15-13-11-9-7-2/h8-11,14-17,20-23,26-29,32,34,38,40,42-43,45,47,51,53,57,59,84H,6-7,12-13,18-19,24-25,30-31,33,35-37,39,41,44,46,48-50,52,54-56,58,60-83H2,1-5H3/b10-8-,11-9-,16-14-,17-15-,22-20-,23-21-,28-26-,29-27-,34-32-,40-38-,43-42-,47-45-,53-51-,59-57-. The topological polar surface area (TPSA) is 111 Å². The minimum atomic E-state index is -4.66. The third-order valence-corrected chi connectivity index (χ3v) is 17.2. The second-order valence-corrected chi connectivity index (χ2v) is 28.0. The van der Waals surface area contributed by atoms with Crippen molar-refractivity contribution in [3.05, 3.63) is 170 Å². The van der Waals surface area contributed by atoms with Crippen molar-refractivity contribution in [3.63, 3.8) is 0 Å². The van der Waals surface area contributed by atoms with E-state index in [-0.39, 0.29) is 32.0 Å². The van der Waals surface area contributed by atoms with Crippen LogP contribution < -0.4 is 4.89 Å². The molecule has 0 N–H and O–H groups in total. The van der Waals surface area contributed by atoms with E-state index >= 15 is 0 Å². The van der Waals surface area contributed by atoms with E-state index in [4.69, 9.17) is 18.5 Å². The smallest absolute Gasteiger partial charge is 0.306 e. The summed E-state index contributed by atoms with van der Waals surface area (Å²) in [5.74, 6) is -0.843. The molecule has 0 fully saturated rings. The van der Waals surface area contributed by atoms with Gasteiger partial charge in [0.1, 0.15) is 19.8 Å². The molecule has 0 radical (unpaired) electrons. The predicted molar refractivity (Wildman–Crippen MR) is 415 cm³/mol. The van der Waals surface area contributed by atoms with Gasteiger partial charge in [-0.15, -0.1) is 0 Å². The largest absolute Gasteiger partial charge is 0.756 e. The highest BCUT2D eigenvalue weighted by molar-refractivity contribution is 7.45. The Bertz CT molecular complexity index is 2230. The number of carbonyl (C=O) groups is 2. The van der Waals surface area contributed by atoms with Crippen molar-refractivity contribution in [2.75, 3.05) is 47.5 Å². The summed E-state index contributed by atoms with van der Waals surface area (Å²) in [4.78, 5) is 38.2. The molecule has 0 aromatic heterocycles. The Labute approximate surface area is 591 Å². The van der Waals surface area contributed by atoms with Crippen LogP contribution in [0.15, 0.2) is 170 Å². The van der Waals surface area contributed by atoms with E-state index in [2.05, 4.69) is 184 Å².